The zero-order valence-corrected chi connectivity index (χ0v) is 20.1. The number of hydrogen-bond donors (Lipinski definition) is 3. The molecule has 2 saturated carbocycles. The number of urea groups is 1. The highest BCUT2D eigenvalue weighted by molar-refractivity contribution is 7.20. The lowest BCUT2D eigenvalue weighted by Crippen LogP contribution is -2.48. The summed E-state index contributed by atoms with van der Waals surface area (Å²) in [6.07, 6.45) is 9.13. The van der Waals surface area contributed by atoms with E-state index in [0.717, 1.165) is 64.2 Å². The number of nitrogens with zero attached hydrogens (tertiary/aromatic N) is 3. The number of rotatable bonds is 6. The van der Waals surface area contributed by atoms with Crippen LogP contribution in [0.5, 0.6) is 0 Å². The summed E-state index contributed by atoms with van der Waals surface area (Å²) >= 11 is 1.53. The quantitative estimate of drug-likeness (QED) is 0.589. The number of carbonyl (C=O) groups excluding carboxylic acids is 2. The SMILES string of the molecule is Cc1nn(C2CCCCC2)c2sc(C(=O)NC3CCC(NC(=O)N(C)CC(=O)O)CC3)cc12. The molecule has 2 heterocycles. The fourth-order valence-electron chi connectivity index (χ4n) is 4.95. The second-order valence-electron chi connectivity index (χ2n) is 9.37. The van der Waals surface area contributed by atoms with E-state index < -0.39 is 5.97 Å². The predicted octanol–water partition coefficient (Wildman–Crippen LogP) is 3.68. The third-order valence-corrected chi connectivity index (χ3v) is 7.95. The Labute approximate surface area is 197 Å². The van der Waals surface area contributed by atoms with Crippen LogP contribution < -0.4 is 10.6 Å². The second-order valence-corrected chi connectivity index (χ2v) is 10.4. The molecule has 4 rings (SSSR count). The van der Waals surface area contributed by atoms with E-state index in [0.29, 0.717) is 6.04 Å². The van der Waals surface area contributed by atoms with Crippen molar-refractivity contribution in [1.82, 2.24) is 25.3 Å². The van der Waals surface area contributed by atoms with Crippen molar-refractivity contribution in [2.45, 2.75) is 82.8 Å². The Bertz CT molecular complexity index is 1020. The van der Waals surface area contributed by atoms with E-state index in [2.05, 4.69) is 15.3 Å². The summed E-state index contributed by atoms with van der Waals surface area (Å²) in [6.45, 7) is 1.68. The van der Waals surface area contributed by atoms with Crippen LogP contribution in [0.2, 0.25) is 0 Å². The molecule has 2 aromatic rings. The van der Waals surface area contributed by atoms with E-state index in [4.69, 9.17) is 10.2 Å². The Hall–Kier alpha value is -2.62. The van der Waals surface area contributed by atoms with Crippen LogP contribution in [0, 0.1) is 6.92 Å². The molecule has 0 spiro atoms. The van der Waals surface area contributed by atoms with E-state index in [1.165, 1.54) is 37.6 Å². The molecule has 9 nitrogen and oxygen atoms in total. The van der Waals surface area contributed by atoms with Crippen molar-refractivity contribution < 1.29 is 19.5 Å². The van der Waals surface area contributed by atoms with Crippen molar-refractivity contribution in [1.29, 1.82) is 0 Å². The summed E-state index contributed by atoms with van der Waals surface area (Å²) in [5.74, 6) is -1.08. The van der Waals surface area contributed by atoms with Crippen LogP contribution in [-0.4, -0.2) is 63.4 Å². The Morgan fingerprint density at radius 1 is 1.09 bits per heavy atom. The lowest BCUT2D eigenvalue weighted by molar-refractivity contribution is -0.137. The van der Waals surface area contributed by atoms with E-state index in [9.17, 15) is 14.4 Å². The van der Waals surface area contributed by atoms with Crippen LogP contribution in [-0.2, 0) is 4.79 Å². The number of carboxylic acid groups (broad SMARTS) is 1. The number of aliphatic carboxylic acids is 1. The van der Waals surface area contributed by atoms with Crippen molar-refractivity contribution in [2.24, 2.45) is 0 Å². The highest BCUT2D eigenvalue weighted by atomic mass is 32.1. The van der Waals surface area contributed by atoms with Crippen LogP contribution in [0.25, 0.3) is 10.2 Å². The second kappa shape index (κ2) is 10.1. The van der Waals surface area contributed by atoms with Crippen molar-refractivity contribution in [3.05, 3.63) is 16.6 Å². The van der Waals surface area contributed by atoms with Crippen molar-refractivity contribution >= 4 is 39.5 Å². The highest BCUT2D eigenvalue weighted by Gasteiger charge is 2.27. The van der Waals surface area contributed by atoms with E-state index >= 15 is 0 Å². The van der Waals surface area contributed by atoms with Gasteiger partial charge in [0, 0.05) is 24.5 Å². The Balaban J connectivity index is 1.32. The first-order valence-corrected chi connectivity index (χ1v) is 12.7. The van der Waals surface area contributed by atoms with Gasteiger partial charge in [0.2, 0.25) is 0 Å². The number of nitrogens with one attached hydrogen (secondary N) is 2. The fraction of sp³-hybridized carbons (Fsp3) is 0.652. The van der Waals surface area contributed by atoms with Crippen LogP contribution in [0.3, 0.4) is 0 Å². The molecule has 0 atom stereocenters. The van der Waals surface area contributed by atoms with Crippen LogP contribution in [0.15, 0.2) is 6.07 Å². The zero-order valence-electron chi connectivity index (χ0n) is 19.3. The normalized spacial score (nSPS) is 21.6. The number of fused-ring (bicyclic) bond motifs is 1. The molecule has 180 valence electrons. The molecule has 0 unspecified atom stereocenters. The summed E-state index contributed by atoms with van der Waals surface area (Å²) < 4.78 is 2.15. The summed E-state index contributed by atoms with van der Waals surface area (Å²) in [6, 6.07) is 2.10. The average molecular weight is 476 g/mol. The maximum Gasteiger partial charge on any atom is 0.323 e. The highest BCUT2D eigenvalue weighted by Crippen LogP contribution is 2.35. The van der Waals surface area contributed by atoms with Gasteiger partial charge in [0.05, 0.1) is 16.6 Å². The first-order chi connectivity index (χ1) is 15.8. The Kier molecular flexibility index (Phi) is 7.21. The molecular formula is C23H33N5O4S. The molecule has 2 aliphatic rings. The van der Waals surface area contributed by atoms with Crippen molar-refractivity contribution in [3.8, 4) is 0 Å². The van der Waals surface area contributed by atoms with Crippen LogP contribution in [0.4, 0.5) is 4.79 Å². The van der Waals surface area contributed by atoms with Gasteiger partial charge in [0.25, 0.3) is 5.91 Å². The molecule has 0 saturated heterocycles. The van der Waals surface area contributed by atoms with Crippen molar-refractivity contribution in [2.75, 3.05) is 13.6 Å². The minimum absolute atomic E-state index is 0.00431. The standard InChI is InChI=1S/C23H33N5O4S/c1-14-18-12-19(33-22(18)28(26-14)17-6-4-3-5-7-17)21(31)24-15-8-10-16(11-9-15)25-23(32)27(2)13-20(29)30/h12,15-17H,3-11,13H2,1-2H3,(H,24,31)(H,25,32)(H,29,30). The van der Waals surface area contributed by atoms with Gasteiger partial charge < -0.3 is 20.6 Å². The Morgan fingerprint density at radius 3 is 2.36 bits per heavy atom. The Morgan fingerprint density at radius 2 is 1.73 bits per heavy atom. The first kappa shape index (κ1) is 23.5. The lowest BCUT2D eigenvalue weighted by atomic mass is 9.91. The van der Waals surface area contributed by atoms with Gasteiger partial charge in [-0.2, -0.15) is 5.10 Å². The van der Waals surface area contributed by atoms with Gasteiger partial charge >= 0.3 is 12.0 Å². The molecule has 0 bridgehead atoms. The van der Waals surface area contributed by atoms with Gasteiger partial charge in [-0.15, -0.1) is 11.3 Å². The number of amides is 3. The predicted molar refractivity (Wildman–Crippen MR) is 127 cm³/mol. The van der Waals surface area contributed by atoms with Crippen LogP contribution >= 0.6 is 11.3 Å². The number of aryl methyl sites for hydroxylation is 1. The maximum atomic E-state index is 13.0. The minimum Gasteiger partial charge on any atom is -0.480 e. The molecule has 3 amide bonds. The molecule has 0 aromatic carbocycles. The van der Waals surface area contributed by atoms with Gasteiger partial charge in [-0.3, -0.25) is 14.3 Å². The van der Waals surface area contributed by atoms with E-state index in [1.807, 2.05) is 13.0 Å². The molecule has 0 radical (unpaired) electrons. The van der Waals surface area contributed by atoms with Gasteiger partial charge in [0.15, 0.2) is 0 Å². The minimum atomic E-state index is -1.04. The largest absolute Gasteiger partial charge is 0.480 e. The molecule has 2 aromatic heterocycles. The summed E-state index contributed by atoms with van der Waals surface area (Å²) in [5.41, 5.74) is 0.981. The molecule has 2 aliphatic carbocycles. The molecule has 3 N–H and O–H groups in total. The van der Waals surface area contributed by atoms with Crippen molar-refractivity contribution in [3.63, 3.8) is 0 Å². The molecular weight excluding hydrogens is 442 g/mol. The number of hydrogen-bond acceptors (Lipinski definition) is 5. The monoisotopic (exact) mass is 475 g/mol. The molecule has 33 heavy (non-hydrogen) atoms. The summed E-state index contributed by atoms with van der Waals surface area (Å²) in [5, 5.41) is 20.7. The van der Waals surface area contributed by atoms with Gasteiger partial charge in [-0.05, 0) is 51.5 Å². The molecule has 2 fully saturated rings. The third kappa shape index (κ3) is 5.48. The van der Waals surface area contributed by atoms with Gasteiger partial charge in [-0.1, -0.05) is 19.3 Å². The molecule has 10 heteroatoms. The van der Waals surface area contributed by atoms with Gasteiger partial charge in [-0.25, -0.2) is 4.79 Å². The van der Waals surface area contributed by atoms with Gasteiger partial charge in [0.1, 0.15) is 11.4 Å². The average Bonchev–Trinajstić information content (AvgIpc) is 3.36. The number of carbonyl (C=O) groups is 3. The smallest absolute Gasteiger partial charge is 0.323 e. The van der Waals surface area contributed by atoms with E-state index in [1.54, 1.807) is 0 Å². The summed E-state index contributed by atoms with van der Waals surface area (Å²) in [4.78, 5) is 38.8. The zero-order chi connectivity index (χ0) is 23.5. The maximum absolute atomic E-state index is 13.0. The van der Waals surface area contributed by atoms with Crippen LogP contribution in [0.1, 0.15) is 79.2 Å². The summed E-state index contributed by atoms with van der Waals surface area (Å²) in [7, 11) is 1.47. The first-order valence-electron chi connectivity index (χ1n) is 11.8. The topological polar surface area (TPSA) is 117 Å². The lowest BCUT2D eigenvalue weighted by Gasteiger charge is -2.30. The number of aromatic nitrogens is 2. The number of likely N-dealkylation sites (N-methyl/N-ethyl adjacent to an activating group) is 1. The van der Waals surface area contributed by atoms with E-state index in [-0.39, 0.29) is 30.6 Å². The number of carboxylic acids is 1. The third-order valence-electron chi connectivity index (χ3n) is 6.82. The fourth-order valence-corrected chi connectivity index (χ4v) is 6.09. The molecule has 0 aliphatic heterocycles. The number of thiophene rings is 1.